The van der Waals surface area contributed by atoms with Gasteiger partial charge in [0.05, 0.1) is 17.4 Å². The van der Waals surface area contributed by atoms with Crippen molar-refractivity contribution in [2.45, 2.75) is 6.61 Å². The summed E-state index contributed by atoms with van der Waals surface area (Å²) in [6.07, 6.45) is 9.12. The highest BCUT2D eigenvalue weighted by Crippen LogP contribution is 2.25. The first-order valence-electron chi connectivity index (χ1n) is 10.5. The van der Waals surface area contributed by atoms with E-state index in [9.17, 15) is 4.39 Å². The topological polar surface area (TPSA) is 99.5 Å². The Bertz CT molecular complexity index is 1630. The molecular formula is C23H18FN9O. The summed E-state index contributed by atoms with van der Waals surface area (Å²) < 4.78 is 25.0. The number of benzene rings is 1. The third-order valence-electron chi connectivity index (χ3n) is 5.43. The highest BCUT2D eigenvalue weighted by atomic mass is 19.1. The summed E-state index contributed by atoms with van der Waals surface area (Å²) in [5.41, 5.74) is 3.16. The Labute approximate surface area is 192 Å². The van der Waals surface area contributed by atoms with E-state index >= 15 is 0 Å². The van der Waals surface area contributed by atoms with Gasteiger partial charge in [0, 0.05) is 43.5 Å². The average molecular weight is 455 g/mol. The molecule has 168 valence electrons. The van der Waals surface area contributed by atoms with E-state index < -0.39 is 5.82 Å². The molecule has 0 aliphatic carbocycles. The van der Waals surface area contributed by atoms with Crippen molar-refractivity contribution >= 4 is 22.9 Å². The van der Waals surface area contributed by atoms with Crippen molar-refractivity contribution in [2.24, 2.45) is 7.05 Å². The minimum absolute atomic E-state index is 0.0841. The van der Waals surface area contributed by atoms with Crippen molar-refractivity contribution in [3.63, 3.8) is 0 Å². The molecule has 0 fully saturated rings. The third-order valence-corrected chi connectivity index (χ3v) is 5.43. The van der Waals surface area contributed by atoms with Crippen LogP contribution >= 0.6 is 0 Å². The molecule has 0 aliphatic rings. The second kappa shape index (κ2) is 7.96. The summed E-state index contributed by atoms with van der Waals surface area (Å²) in [6, 6.07) is 11.9. The van der Waals surface area contributed by atoms with E-state index in [4.69, 9.17) is 4.74 Å². The summed E-state index contributed by atoms with van der Waals surface area (Å²) in [6.45, 7) is 0.0841. The number of rotatable bonds is 6. The third kappa shape index (κ3) is 3.48. The molecule has 0 saturated heterocycles. The molecule has 1 N–H and O–H groups in total. The molecule has 1 aromatic carbocycles. The summed E-state index contributed by atoms with van der Waals surface area (Å²) in [5.74, 6) is 1.57. The van der Waals surface area contributed by atoms with Crippen molar-refractivity contribution in [3.8, 4) is 17.0 Å². The van der Waals surface area contributed by atoms with Crippen molar-refractivity contribution in [1.29, 1.82) is 0 Å². The Morgan fingerprint density at radius 3 is 2.82 bits per heavy atom. The van der Waals surface area contributed by atoms with Crippen LogP contribution in [0.3, 0.4) is 0 Å². The number of aromatic nitrogens is 8. The molecule has 0 saturated carbocycles. The van der Waals surface area contributed by atoms with E-state index in [2.05, 4.69) is 30.6 Å². The smallest absolute Gasteiger partial charge is 0.228 e. The molecule has 0 bridgehead atoms. The molecule has 5 heterocycles. The van der Waals surface area contributed by atoms with E-state index in [0.29, 0.717) is 17.4 Å². The maximum atomic E-state index is 13.9. The number of anilines is 2. The molecule has 11 heteroatoms. The van der Waals surface area contributed by atoms with Gasteiger partial charge in [-0.3, -0.25) is 9.08 Å². The zero-order valence-corrected chi connectivity index (χ0v) is 18.0. The number of halogens is 1. The Balaban J connectivity index is 1.31. The maximum Gasteiger partial charge on any atom is 0.228 e. The monoisotopic (exact) mass is 455 g/mol. The molecule has 0 atom stereocenters. The van der Waals surface area contributed by atoms with Crippen LogP contribution in [0.25, 0.3) is 22.4 Å². The quantitative estimate of drug-likeness (QED) is 0.409. The van der Waals surface area contributed by atoms with Crippen LogP contribution in [0.2, 0.25) is 0 Å². The van der Waals surface area contributed by atoms with Crippen LogP contribution < -0.4 is 10.1 Å². The first kappa shape index (κ1) is 19.9. The van der Waals surface area contributed by atoms with Gasteiger partial charge in [0.1, 0.15) is 12.4 Å². The summed E-state index contributed by atoms with van der Waals surface area (Å²) in [5, 5.41) is 15.9. The number of ether oxygens (including phenoxy) is 1. The lowest BCUT2D eigenvalue weighted by molar-refractivity contribution is 0.280. The van der Waals surface area contributed by atoms with Crippen LogP contribution in [0, 0.1) is 5.82 Å². The zero-order chi connectivity index (χ0) is 23.1. The number of hydrogen-bond acceptors (Lipinski definition) is 7. The minimum atomic E-state index is -0.419. The van der Waals surface area contributed by atoms with Gasteiger partial charge in [0.2, 0.25) is 5.95 Å². The van der Waals surface area contributed by atoms with Crippen molar-refractivity contribution < 1.29 is 9.13 Å². The van der Waals surface area contributed by atoms with E-state index in [0.717, 1.165) is 22.6 Å². The van der Waals surface area contributed by atoms with Crippen LogP contribution in [0.5, 0.6) is 5.75 Å². The summed E-state index contributed by atoms with van der Waals surface area (Å²) >= 11 is 0. The fourth-order valence-corrected chi connectivity index (χ4v) is 3.71. The number of fused-ring (bicyclic) bond motifs is 3. The number of nitrogens with one attached hydrogen (secondary N) is 1. The van der Waals surface area contributed by atoms with Gasteiger partial charge in [-0.05, 0) is 24.3 Å². The van der Waals surface area contributed by atoms with E-state index in [-0.39, 0.29) is 12.4 Å². The number of hydrogen-bond donors (Lipinski definition) is 1. The Hall–Kier alpha value is -4.80. The van der Waals surface area contributed by atoms with Gasteiger partial charge in [0.15, 0.2) is 23.0 Å². The molecule has 34 heavy (non-hydrogen) atoms. The van der Waals surface area contributed by atoms with Crippen molar-refractivity contribution in [1.82, 2.24) is 38.7 Å². The Morgan fingerprint density at radius 1 is 1.06 bits per heavy atom. The highest BCUT2D eigenvalue weighted by Gasteiger charge is 2.14. The number of aryl methyl sites for hydroxylation is 1. The van der Waals surface area contributed by atoms with Gasteiger partial charge >= 0.3 is 0 Å². The Morgan fingerprint density at radius 2 is 1.97 bits per heavy atom. The fourth-order valence-electron chi connectivity index (χ4n) is 3.71. The lowest BCUT2D eigenvalue weighted by Gasteiger charge is -2.06. The van der Waals surface area contributed by atoms with Crippen LogP contribution in [-0.2, 0) is 13.7 Å². The second-order valence-electron chi connectivity index (χ2n) is 7.58. The number of nitrogens with zero attached hydrogens (tertiary/aromatic N) is 8. The predicted molar refractivity (Wildman–Crippen MR) is 122 cm³/mol. The minimum Gasteiger partial charge on any atom is -0.483 e. The van der Waals surface area contributed by atoms with Crippen LogP contribution in [0.15, 0.2) is 73.4 Å². The van der Waals surface area contributed by atoms with Gasteiger partial charge in [-0.2, -0.15) is 5.10 Å². The molecule has 6 rings (SSSR count). The fraction of sp³-hybridized carbons (Fsp3) is 0.0870. The first-order valence-corrected chi connectivity index (χ1v) is 10.5. The molecule has 0 aliphatic heterocycles. The van der Waals surface area contributed by atoms with Crippen molar-refractivity contribution in [3.05, 3.63) is 85.1 Å². The standard InChI is InChI=1S/C23H18FN9O/c1-31-20(7-9-26-31)28-23-25-8-6-17(27-23)15-12-18-22-30-29-21(33(22)11-10-32(18)13-15)14-34-19-5-3-2-4-16(19)24/h2-13H,14H2,1H3,(H,25,27,28). The van der Waals surface area contributed by atoms with Crippen LogP contribution in [0.4, 0.5) is 16.2 Å². The SMILES string of the molecule is Cn1nccc1Nc1nccc(-c2cc3c4nnc(COc5ccccc5F)n4ccn3c2)n1. The molecule has 0 radical (unpaired) electrons. The number of para-hydroxylation sites is 1. The average Bonchev–Trinajstić information content (AvgIpc) is 3.57. The van der Waals surface area contributed by atoms with Gasteiger partial charge < -0.3 is 14.5 Å². The van der Waals surface area contributed by atoms with Crippen LogP contribution in [-0.4, -0.2) is 38.7 Å². The normalized spacial score (nSPS) is 11.4. The largest absolute Gasteiger partial charge is 0.483 e. The molecule has 0 amide bonds. The highest BCUT2D eigenvalue weighted by molar-refractivity contribution is 5.78. The van der Waals surface area contributed by atoms with Gasteiger partial charge in [-0.15, -0.1) is 10.2 Å². The molecule has 0 spiro atoms. The zero-order valence-electron chi connectivity index (χ0n) is 18.0. The molecular weight excluding hydrogens is 437 g/mol. The molecule has 10 nitrogen and oxygen atoms in total. The van der Waals surface area contributed by atoms with E-state index in [1.54, 1.807) is 35.3 Å². The van der Waals surface area contributed by atoms with Crippen molar-refractivity contribution in [2.75, 3.05) is 5.32 Å². The molecule has 6 aromatic rings. The van der Waals surface area contributed by atoms with Gasteiger partial charge in [-0.1, -0.05) is 12.1 Å². The molecule has 0 unspecified atom stereocenters. The van der Waals surface area contributed by atoms with E-state index in [1.165, 1.54) is 6.07 Å². The van der Waals surface area contributed by atoms with Gasteiger partial charge in [-0.25, -0.2) is 14.4 Å². The lowest BCUT2D eigenvalue weighted by Crippen LogP contribution is -2.03. The lowest BCUT2D eigenvalue weighted by atomic mass is 10.2. The molecule has 5 aromatic heterocycles. The Kier molecular flexibility index (Phi) is 4.65. The first-order chi connectivity index (χ1) is 16.7. The van der Waals surface area contributed by atoms with E-state index in [1.807, 2.05) is 52.6 Å². The second-order valence-corrected chi connectivity index (χ2v) is 7.58. The summed E-state index contributed by atoms with van der Waals surface area (Å²) in [7, 11) is 1.84. The maximum absolute atomic E-state index is 13.9. The van der Waals surface area contributed by atoms with Crippen LogP contribution in [0.1, 0.15) is 5.82 Å². The predicted octanol–water partition coefficient (Wildman–Crippen LogP) is 3.63. The van der Waals surface area contributed by atoms with Gasteiger partial charge in [0.25, 0.3) is 0 Å². The summed E-state index contributed by atoms with van der Waals surface area (Å²) in [4.78, 5) is 8.94.